The van der Waals surface area contributed by atoms with E-state index in [1.54, 1.807) is 6.08 Å². The van der Waals surface area contributed by atoms with Crippen LogP contribution >= 0.6 is 24.0 Å². The standard InChI is InChI=1S/C23H24N2O2S2/c26-20-19(8-4-7-15-5-2-1-3-6-15)29-22(28)25(20)24-21(27)23-12-16-9-17(13-23)11-18(10-16)14-23/h1-8,16-18H,9-14H2,(H,24,27)/b7-4-,19-8-. The maximum absolute atomic E-state index is 13.2. The highest BCUT2D eigenvalue weighted by molar-refractivity contribution is 8.26. The molecule has 0 unspecified atom stereocenters. The maximum Gasteiger partial charge on any atom is 0.285 e. The normalized spacial score (nSPS) is 34.6. The summed E-state index contributed by atoms with van der Waals surface area (Å²) in [5.41, 5.74) is 3.66. The summed E-state index contributed by atoms with van der Waals surface area (Å²) in [6, 6.07) is 9.91. The molecule has 29 heavy (non-hydrogen) atoms. The Kier molecular flexibility index (Phi) is 4.87. The van der Waals surface area contributed by atoms with E-state index in [2.05, 4.69) is 5.43 Å². The molecule has 5 aliphatic rings. The Balaban J connectivity index is 1.28. The fourth-order valence-corrected chi connectivity index (χ4v) is 7.13. The number of amides is 2. The molecule has 0 atom stereocenters. The number of rotatable bonds is 4. The number of hydrazine groups is 1. The lowest BCUT2D eigenvalue weighted by molar-refractivity contribution is -0.152. The Morgan fingerprint density at radius 1 is 1.10 bits per heavy atom. The third-order valence-corrected chi connectivity index (χ3v) is 8.18. The van der Waals surface area contributed by atoms with E-state index in [1.807, 2.05) is 42.5 Å². The van der Waals surface area contributed by atoms with Crippen LogP contribution in [0.15, 0.2) is 47.4 Å². The highest BCUT2D eigenvalue weighted by Crippen LogP contribution is 2.60. The van der Waals surface area contributed by atoms with Crippen molar-refractivity contribution in [1.82, 2.24) is 10.4 Å². The molecule has 1 heterocycles. The van der Waals surface area contributed by atoms with Gasteiger partial charge < -0.3 is 0 Å². The van der Waals surface area contributed by atoms with Crippen LogP contribution in [0.4, 0.5) is 0 Å². The molecule has 6 rings (SSSR count). The predicted octanol–water partition coefficient (Wildman–Crippen LogP) is 4.69. The van der Waals surface area contributed by atoms with Crippen molar-refractivity contribution in [2.24, 2.45) is 23.2 Å². The van der Waals surface area contributed by atoms with Crippen molar-refractivity contribution in [1.29, 1.82) is 0 Å². The van der Waals surface area contributed by atoms with Gasteiger partial charge in [-0.15, -0.1) is 0 Å². The van der Waals surface area contributed by atoms with Crippen LogP contribution in [-0.4, -0.2) is 21.1 Å². The molecule has 1 aliphatic heterocycles. The first-order valence-electron chi connectivity index (χ1n) is 10.3. The van der Waals surface area contributed by atoms with Crippen LogP contribution in [0.25, 0.3) is 6.08 Å². The number of carbonyl (C=O) groups is 2. The van der Waals surface area contributed by atoms with Crippen LogP contribution in [0, 0.1) is 23.2 Å². The molecule has 1 N–H and O–H groups in total. The van der Waals surface area contributed by atoms with Crippen LogP contribution in [-0.2, 0) is 9.59 Å². The second-order valence-corrected chi connectivity index (χ2v) is 10.6. The number of nitrogens with one attached hydrogen (secondary N) is 1. The SMILES string of the molecule is O=C1/C(=C/C=C\c2ccccc2)SC(=S)N1NC(=O)C12CC3CC(CC(C3)C1)C2. The molecule has 0 aromatic heterocycles. The van der Waals surface area contributed by atoms with Crippen molar-refractivity contribution in [3.63, 3.8) is 0 Å². The summed E-state index contributed by atoms with van der Waals surface area (Å²) in [5, 5.41) is 1.28. The van der Waals surface area contributed by atoms with E-state index in [0.717, 1.165) is 24.8 Å². The zero-order valence-corrected chi connectivity index (χ0v) is 17.8. The van der Waals surface area contributed by atoms with Gasteiger partial charge in [0, 0.05) is 0 Å². The minimum atomic E-state index is -0.297. The van der Waals surface area contributed by atoms with E-state index in [9.17, 15) is 9.59 Å². The Labute approximate surface area is 180 Å². The molecule has 6 heteroatoms. The number of nitrogens with zero attached hydrogens (tertiary/aromatic N) is 1. The number of hydrogen-bond acceptors (Lipinski definition) is 4. The lowest BCUT2D eigenvalue weighted by Crippen LogP contribution is -2.57. The van der Waals surface area contributed by atoms with Crippen molar-refractivity contribution >= 4 is 46.2 Å². The van der Waals surface area contributed by atoms with Gasteiger partial charge in [0.1, 0.15) is 0 Å². The van der Waals surface area contributed by atoms with Gasteiger partial charge in [0.05, 0.1) is 10.3 Å². The van der Waals surface area contributed by atoms with Crippen LogP contribution in [0.3, 0.4) is 0 Å². The second-order valence-electron chi connectivity index (χ2n) is 8.95. The highest BCUT2D eigenvalue weighted by atomic mass is 32.2. The van der Waals surface area contributed by atoms with Gasteiger partial charge in [0.15, 0.2) is 4.32 Å². The number of thiocarbonyl (C=S) groups is 1. The summed E-state index contributed by atoms with van der Waals surface area (Å²) in [6.45, 7) is 0. The molecule has 1 aromatic carbocycles. The van der Waals surface area contributed by atoms with E-state index in [4.69, 9.17) is 12.2 Å². The Morgan fingerprint density at radius 2 is 1.72 bits per heavy atom. The topological polar surface area (TPSA) is 49.4 Å². The van der Waals surface area contributed by atoms with Gasteiger partial charge in [-0.2, -0.15) is 5.01 Å². The first kappa shape index (κ1) is 19.1. The lowest BCUT2D eigenvalue weighted by Gasteiger charge is -2.55. The van der Waals surface area contributed by atoms with E-state index in [0.29, 0.717) is 27.0 Å². The van der Waals surface area contributed by atoms with Gasteiger partial charge in [-0.3, -0.25) is 15.0 Å². The molecule has 4 nitrogen and oxygen atoms in total. The average molecular weight is 425 g/mol. The summed E-state index contributed by atoms with van der Waals surface area (Å²) in [5.74, 6) is 1.80. The Hall–Kier alpha value is -1.92. The van der Waals surface area contributed by atoms with Crippen molar-refractivity contribution in [2.75, 3.05) is 0 Å². The third-order valence-electron chi connectivity index (χ3n) is 6.86. The van der Waals surface area contributed by atoms with E-state index in [1.165, 1.54) is 36.0 Å². The van der Waals surface area contributed by atoms with Gasteiger partial charge in [-0.1, -0.05) is 54.2 Å². The Bertz CT molecular complexity index is 887. The summed E-state index contributed by atoms with van der Waals surface area (Å²) < 4.78 is 0.396. The summed E-state index contributed by atoms with van der Waals surface area (Å²) in [7, 11) is 0. The molecular formula is C23H24N2O2S2. The molecule has 4 aliphatic carbocycles. The van der Waals surface area contributed by atoms with Crippen LogP contribution in [0.5, 0.6) is 0 Å². The quantitative estimate of drug-likeness (QED) is 0.563. The van der Waals surface area contributed by atoms with E-state index < -0.39 is 0 Å². The summed E-state index contributed by atoms with van der Waals surface area (Å²) in [4.78, 5) is 26.6. The zero-order chi connectivity index (χ0) is 20.0. The van der Waals surface area contributed by atoms with Crippen molar-refractivity contribution in [3.05, 3.63) is 53.0 Å². The van der Waals surface area contributed by atoms with Crippen LogP contribution < -0.4 is 5.43 Å². The number of hydrogen-bond donors (Lipinski definition) is 1. The molecule has 1 saturated heterocycles. The average Bonchev–Trinajstić information content (AvgIpc) is 2.95. The molecule has 150 valence electrons. The van der Waals surface area contributed by atoms with Crippen molar-refractivity contribution < 1.29 is 9.59 Å². The fourth-order valence-electron chi connectivity index (χ4n) is 6.00. The van der Waals surface area contributed by atoms with Crippen LogP contribution in [0.2, 0.25) is 0 Å². The first-order chi connectivity index (χ1) is 14.0. The number of carbonyl (C=O) groups excluding carboxylic acids is 2. The van der Waals surface area contributed by atoms with E-state index >= 15 is 0 Å². The van der Waals surface area contributed by atoms with Crippen molar-refractivity contribution in [3.8, 4) is 0 Å². The predicted molar refractivity (Wildman–Crippen MR) is 119 cm³/mol. The molecular weight excluding hydrogens is 400 g/mol. The third kappa shape index (κ3) is 3.57. The zero-order valence-electron chi connectivity index (χ0n) is 16.2. The largest absolute Gasteiger partial charge is 0.285 e. The lowest BCUT2D eigenvalue weighted by atomic mass is 9.49. The monoisotopic (exact) mass is 424 g/mol. The highest BCUT2D eigenvalue weighted by Gasteiger charge is 2.55. The van der Waals surface area contributed by atoms with Crippen LogP contribution in [0.1, 0.15) is 44.1 Å². The van der Waals surface area contributed by atoms with Gasteiger partial charge in [0.25, 0.3) is 5.91 Å². The number of allylic oxidation sites excluding steroid dienone is 2. The molecule has 5 fully saturated rings. The minimum absolute atomic E-state index is 0.00558. The van der Waals surface area contributed by atoms with Crippen molar-refractivity contribution in [2.45, 2.75) is 38.5 Å². The smallest absolute Gasteiger partial charge is 0.273 e. The first-order valence-corrected chi connectivity index (χ1v) is 11.6. The van der Waals surface area contributed by atoms with Gasteiger partial charge in [-0.05, 0) is 80.1 Å². The van der Waals surface area contributed by atoms with E-state index in [-0.39, 0.29) is 17.2 Å². The minimum Gasteiger partial charge on any atom is -0.273 e. The number of thioether (sulfide) groups is 1. The summed E-state index contributed by atoms with van der Waals surface area (Å²) in [6.07, 6.45) is 12.3. The molecule has 1 aromatic rings. The Morgan fingerprint density at radius 3 is 2.34 bits per heavy atom. The summed E-state index contributed by atoms with van der Waals surface area (Å²) >= 11 is 6.63. The molecule has 4 saturated carbocycles. The fraction of sp³-hybridized carbons (Fsp3) is 0.435. The molecule has 0 radical (unpaired) electrons. The molecule has 2 amide bonds. The maximum atomic E-state index is 13.2. The van der Waals surface area contributed by atoms with Gasteiger partial charge >= 0.3 is 0 Å². The van der Waals surface area contributed by atoms with Gasteiger partial charge in [0.2, 0.25) is 5.91 Å². The molecule has 0 spiro atoms. The molecule has 4 bridgehead atoms. The second kappa shape index (κ2) is 7.40. The van der Waals surface area contributed by atoms with Gasteiger partial charge in [-0.25, -0.2) is 0 Å². The number of benzene rings is 1.